The summed E-state index contributed by atoms with van der Waals surface area (Å²) in [4.78, 5) is 0. The fourth-order valence-electron chi connectivity index (χ4n) is 1.66. The molecular formula is C9H19NO5S. The molecule has 0 aliphatic carbocycles. The lowest BCUT2D eigenvalue weighted by Crippen LogP contribution is -2.63. The fourth-order valence-corrected chi connectivity index (χ4v) is 2.34. The number of rotatable bonds is 3. The molecule has 0 aromatic carbocycles. The minimum Gasteiger partial charge on any atom is -0.392 e. The van der Waals surface area contributed by atoms with Crippen molar-refractivity contribution < 1.29 is 25.2 Å². The van der Waals surface area contributed by atoms with Crippen LogP contribution in [0.4, 0.5) is 0 Å². The second-order valence-electron chi connectivity index (χ2n) is 3.99. The van der Waals surface area contributed by atoms with Crippen molar-refractivity contribution >= 4 is 11.8 Å². The number of hydrogen-bond acceptors (Lipinski definition) is 7. The van der Waals surface area contributed by atoms with Crippen molar-refractivity contribution in [3.63, 3.8) is 0 Å². The Bertz CT molecular complexity index is 228. The van der Waals surface area contributed by atoms with E-state index in [0.29, 0.717) is 0 Å². The lowest BCUT2D eigenvalue weighted by Gasteiger charge is -2.42. The third kappa shape index (κ3) is 2.67. The van der Waals surface area contributed by atoms with Crippen LogP contribution in [0.1, 0.15) is 6.92 Å². The minimum atomic E-state index is -1.32. The molecule has 96 valence electrons. The average molecular weight is 253 g/mol. The molecule has 0 saturated carbocycles. The van der Waals surface area contributed by atoms with Gasteiger partial charge in [0.05, 0.1) is 12.1 Å². The predicted molar refractivity (Wildman–Crippen MR) is 59.9 cm³/mol. The van der Waals surface area contributed by atoms with Crippen LogP contribution in [0.2, 0.25) is 0 Å². The monoisotopic (exact) mass is 253 g/mol. The van der Waals surface area contributed by atoms with E-state index in [1.807, 2.05) is 0 Å². The number of nitrogens with two attached hydrogens (primary N) is 1. The molecule has 7 atom stereocenters. The van der Waals surface area contributed by atoms with E-state index in [-0.39, 0.29) is 0 Å². The first kappa shape index (κ1) is 14.2. The van der Waals surface area contributed by atoms with E-state index < -0.39 is 42.0 Å². The fraction of sp³-hybridized carbons (Fsp3) is 1.00. The summed E-state index contributed by atoms with van der Waals surface area (Å²) in [5, 5.41) is 38.2. The molecule has 1 saturated heterocycles. The molecule has 1 heterocycles. The SMILES string of the molecule is CS[C@H]1O[C@H]([C@H](N)[C@@H](C)O)[C@H](O)[C@@H](O)[C@@H]1O. The summed E-state index contributed by atoms with van der Waals surface area (Å²) in [5.41, 5.74) is 5.01. The summed E-state index contributed by atoms with van der Waals surface area (Å²) >= 11 is 1.21. The summed E-state index contributed by atoms with van der Waals surface area (Å²) < 4.78 is 5.37. The first-order valence-electron chi connectivity index (χ1n) is 5.06. The van der Waals surface area contributed by atoms with Gasteiger partial charge in [-0.1, -0.05) is 0 Å². The molecule has 1 rings (SSSR count). The van der Waals surface area contributed by atoms with Crippen molar-refractivity contribution in [2.45, 2.75) is 48.9 Å². The van der Waals surface area contributed by atoms with Crippen molar-refractivity contribution in [3.05, 3.63) is 0 Å². The van der Waals surface area contributed by atoms with Crippen LogP contribution in [0.25, 0.3) is 0 Å². The zero-order valence-electron chi connectivity index (χ0n) is 9.22. The molecule has 0 amide bonds. The number of ether oxygens (including phenoxy) is 1. The average Bonchev–Trinajstić information content (AvgIpc) is 2.25. The normalized spacial score (nSPS) is 44.1. The van der Waals surface area contributed by atoms with E-state index >= 15 is 0 Å². The lowest BCUT2D eigenvalue weighted by atomic mass is 9.93. The quantitative estimate of drug-likeness (QED) is 0.390. The number of aliphatic hydroxyl groups excluding tert-OH is 4. The highest BCUT2D eigenvalue weighted by Gasteiger charge is 2.46. The molecule has 0 spiro atoms. The lowest BCUT2D eigenvalue weighted by molar-refractivity contribution is -0.207. The molecule has 0 aromatic heterocycles. The zero-order valence-corrected chi connectivity index (χ0v) is 10.0. The van der Waals surface area contributed by atoms with Crippen LogP contribution in [0.5, 0.6) is 0 Å². The maximum absolute atomic E-state index is 9.71. The molecule has 1 aliphatic rings. The van der Waals surface area contributed by atoms with Crippen LogP contribution in [-0.4, -0.2) is 68.7 Å². The second kappa shape index (κ2) is 5.63. The zero-order chi connectivity index (χ0) is 12.5. The third-order valence-corrected chi connectivity index (χ3v) is 3.63. The van der Waals surface area contributed by atoms with Gasteiger partial charge in [-0.2, -0.15) is 0 Å². The van der Waals surface area contributed by atoms with Gasteiger partial charge in [-0.3, -0.25) is 0 Å². The number of aliphatic hydroxyl groups is 4. The van der Waals surface area contributed by atoms with E-state index in [9.17, 15) is 20.4 Å². The van der Waals surface area contributed by atoms with Gasteiger partial charge in [0.15, 0.2) is 0 Å². The van der Waals surface area contributed by atoms with Gasteiger partial charge in [0.1, 0.15) is 29.9 Å². The van der Waals surface area contributed by atoms with E-state index in [4.69, 9.17) is 10.5 Å². The molecule has 7 heteroatoms. The Kier molecular flexibility index (Phi) is 4.99. The molecule has 1 aliphatic heterocycles. The maximum atomic E-state index is 9.71. The van der Waals surface area contributed by atoms with Crippen LogP contribution in [0.15, 0.2) is 0 Å². The smallest absolute Gasteiger partial charge is 0.132 e. The van der Waals surface area contributed by atoms with Crippen LogP contribution in [-0.2, 0) is 4.74 Å². The highest BCUT2D eigenvalue weighted by atomic mass is 32.2. The molecule has 1 fully saturated rings. The summed E-state index contributed by atoms with van der Waals surface area (Å²) in [6.07, 6.45) is -3.84. The Balaban J connectivity index is 2.78. The minimum absolute atomic E-state index is 0.659. The van der Waals surface area contributed by atoms with Gasteiger partial charge < -0.3 is 30.9 Å². The first-order chi connectivity index (χ1) is 7.40. The Labute approximate surface area is 98.4 Å². The van der Waals surface area contributed by atoms with E-state index in [1.165, 1.54) is 18.7 Å². The van der Waals surface area contributed by atoms with E-state index in [0.717, 1.165) is 0 Å². The van der Waals surface area contributed by atoms with Gasteiger partial charge in [0.2, 0.25) is 0 Å². The first-order valence-corrected chi connectivity index (χ1v) is 6.35. The number of hydrogen-bond donors (Lipinski definition) is 5. The third-order valence-electron chi connectivity index (χ3n) is 2.78. The van der Waals surface area contributed by atoms with Crippen molar-refractivity contribution in [1.82, 2.24) is 0 Å². The number of thioether (sulfide) groups is 1. The summed E-state index contributed by atoms with van der Waals surface area (Å²) in [6, 6.07) is -0.813. The van der Waals surface area contributed by atoms with Crippen molar-refractivity contribution in [1.29, 1.82) is 0 Å². The maximum Gasteiger partial charge on any atom is 0.132 e. The Morgan fingerprint density at radius 3 is 2.19 bits per heavy atom. The molecule has 0 unspecified atom stereocenters. The Morgan fingerprint density at radius 1 is 1.19 bits per heavy atom. The molecule has 6 nitrogen and oxygen atoms in total. The molecule has 0 aromatic rings. The van der Waals surface area contributed by atoms with Gasteiger partial charge in [0.25, 0.3) is 0 Å². The van der Waals surface area contributed by atoms with Crippen LogP contribution < -0.4 is 5.73 Å². The summed E-state index contributed by atoms with van der Waals surface area (Å²) in [5.74, 6) is 0. The Hall–Kier alpha value is 0.110. The Morgan fingerprint density at radius 2 is 1.75 bits per heavy atom. The molecule has 0 radical (unpaired) electrons. The summed E-state index contributed by atoms with van der Waals surface area (Å²) in [7, 11) is 0. The predicted octanol–water partition coefficient (Wildman–Crippen LogP) is -2.13. The highest BCUT2D eigenvalue weighted by Crippen LogP contribution is 2.28. The molecule has 16 heavy (non-hydrogen) atoms. The standard InChI is InChI=1S/C9H19NO5S/c1-3(11)4(10)8-6(13)5(12)7(14)9(15-8)16-2/h3-9,11-14H,10H2,1-2H3/t3-,4-,5-,6-,7+,8-,9-/m1/s1. The van der Waals surface area contributed by atoms with Crippen molar-refractivity contribution in [2.24, 2.45) is 5.73 Å². The van der Waals surface area contributed by atoms with Gasteiger partial charge in [-0.15, -0.1) is 11.8 Å². The largest absolute Gasteiger partial charge is 0.392 e. The van der Waals surface area contributed by atoms with Crippen molar-refractivity contribution in [2.75, 3.05) is 6.26 Å². The van der Waals surface area contributed by atoms with E-state index in [1.54, 1.807) is 6.26 Å². The van der Waals surface area contributed by atoms with Gasteiger partial charge in [-0.05, 0) is 13.2 Å². The van der Waals surface area contributed by atoms with Crippen LogP contribution >= 0.6 is 11.8 Å². The van der Waals surface area contributed by atoms with E-state index in [2.05, 4.69) is 0 Å². The van der Waals surface area contributed by atoms with Crippen LogP contribution in [0.3, 0.4) is 0 Å². The second-order valence-corrected chi connectivity index (χ2v) is 4.93. The van der Waals surface area contributed by atoms with Crippen LogP contribution in [0, 0.1) is 0 Å². The van der Waals surface area contributed by atoms with Gasteiger partial charge in [-0.25, -0.2) is 0 Å². The molecule has 6 N–H and O–H groups in total. The van der Waals surface area contributed by atoms with Gasteiger partial charge in [0, 0.05) is 0 Å². The molecular weight excluding hydrogens is 234 g/mol. The van der Waals surface area contributed by atoms with Crippen molar-refractivity contribution in [3.8, 4) is 0 Å². The highest BCUT2D eigenvalue weighted by molar-refractivity contribution is 7.99. The topological polar surface area (TPSA) is 116 Å². The van der Waals surface area contributed by atoms with Gasteiger partial charge >= 0.3 is 0 Å². The molecule has 0 bridgehead atoms. The summed E-state index contributed by atoms with van der Waals surface area (Å²) in [6.45, 7) is 1.48.